The minimum Gasteiger partial charge on any atom is -0.482 e. The molecule has 1 amide bonds. The third-order valence-electron chi connectivity index (χ3n) is 4.11. The zero-order chi connectivity index (χ0) is 16.6. The first-order valence-electron chi connectivity index (χ1n) is 7.52. The van der Waals surface area contributed by atoms with E-state index in [0.29, 0.717) is 37.7 Å². The van der Waals surface area contributed by atoms with Gasteiger partial charge in [0.2, 0.25) is 16.1 Å². The fraction of sp³-hybridized carbons (Fsp3) is 0.533. The lowest BCUT2D eigenvalue weighted by atomic mass is 10.1. The van der Waals surface area contributed by atoms with Gasteiger partial charge in [-0.3, -0.25) is 4.79 Å². The van der Waals surface area contributed by atoms with E-state index >= 15 is 0 Å². The molecule has 1 fully saturated rings. The average Bonchev–Trinajstić information content (AvgIpc) is 2.53. The molecule has 3 rings (SSSR count). The van der Waals surface area contributed by atoms with Crippen molar-refractivity contribution < 1.29 is 22.7 Å². The van der Waals surface area contributed by atoms with Crippen molar-refractivity contribution in [2.24, 2.45) is 0 Å². The van der Waals surface area contributed by atoms with Crippen LogP contribution in [0.2, 0.25) is 0 Å². The topological polar surface area (TPSA) is 76.2 Å². The van der Waals surface area contributed by atoms with Crippen molar-refractivity contribution in [3.8, 4) is 11.5 Å². The molecule has 0 spiro atoms. The molecule has 2 atom stereocenters. The van der Waals surface area contributed by atoms with E-state index in [1.807, 2.05) is 12.1 Å². The number of fused-ring (bicyclic) bond motifs is 1. The van der Waals surface area contributed by atoms with Crippen molar-refractivity contribution in [3.63, 3.8) is 0 Å². The van der Waals surface area contributed by atoms with Crippen LogP contribution in [0.15, 0.2) is 24.3 Å². The minimum atomic E-state index is -3.21. The summed E-state index contributed by atoms with van der Waals surface area (Å²) in [6, 6.07) is 7.24. The Kier molecular flexibility index (Phi) is 4.20. The number of ether oxygens (including phenoxy) is 2. The molecule has 2 aliphatic heterocycles. The summed E-state index contributed by atoms with van der Waals surface area (Å²) in [6.07, 6.45) is 0.0710. The maximum Gasteiger partial charge on any atom is 0.267 e. The summed E-state index contributed by atoms with van der Waals surface area (Å²) in [5.74, 6) is 1.02. The van der Waals surface area contributed by atoms with E-state index in [1.54, 1.807) is 24.0 Å². The third kappa shape index (κ3) is 3.28. The number of nitrogens with zero attached hydrogens (tertiary/aromatic N) is 2. The van der Waals surface area contributed by atoms with E-state index in [1.165, 1.54) is 10.6 Å². The standard InChI is InChI=1S/C15H20N2O5S/c1-11-14(22-13-6-4-3-5-12(13)21-11)15(18)16-7-9-17(10-8-16)23(2,19)20/h3-6,11,14H,7-10H2,1-2H3/t11-,14+/m1/s1. The van der Waals surface area contributed by atoms with Crippen LogP contribution in [0.5, 0.6) is 11.5 Å². The molecule has 8 heteroatoms. The summed E-state index contributed by atoms with van der Waals surface area (Å²) >= 11 is 0. The molecule has 0 radical (unpaired) electrons. The normalized spacial score (nSPS) is 25.2. The van der Waals surface area contributed by atoms with E-state index in [-0.39, 0.29) is 5.91 Å². The fourth-order valence-electron chi connectivity index (χ4n) is 2.81. The minimum absolute atomic E-state index is 0.167. The van der Waals surface area contributed by atoms with Crippen LogP contribution < -0.4 is 9.47 Å². The second-order valence-electron chi connectivity index (χ2n) is 5.80. The Balaban J connectivity index is 1.68. The quantitative estimate of drug-likeness (QED) is 0.775. The smallest absolute Gasteiger partial charge is 0.267 e. The molecular formula is C15H20N2O5S. The number of amides is 1. The van der Waals surface area contributed by atoms with Gasteiger partial charge in [0.05, 0.1) is 6.26 Å². The predicted octanol–water partition coefficient (Wildman–Crippen LogP) is 0.319. The van der Waals surface area contributed by atoms with Crippen LogP contribution in [0.4, 0.5) is 0 Å². The average molecular weight is 340 g/mol. The fourth-order valence-corrected chi connectivity index (χ4v) is 3.64. The first kappa shape index (κ1) is 16.1. The molecule has 1 saturated heterocycles. The molecule has 2 heterocycles. The number of para-hydroxylation sites is 2. The molecule has 126 valence electrons. The van der Waals surface area contributed by atoms with Gasteiger partial charge in [-0.2, -0.15) is 4.31 Å². The van der Waals surface area contributed by atoms with Crippen molar-refractivity contribution in [2.45, 2.75) is 19.1 Å². The van der Waals surface area contributed by atoms with E-state index in [0.717, 1.165) is 0 Å². The number of sulfonamides is 1. The van der Waals surface area contributed by atoms with Crippen LogP contribution in [-0.2, 0) is 14.8 Å². The van der Waals surface area contributed by atoms with Crippen molar-refractivity contribution in [3.05, 3.63) is 24.3 Å². The molecule has 2 aliphatic rings. The number of hydrogen-bond acceptors (Lipinski definition) is 5. The number of piperazine rings is 1. The van der Waals surface area contributed by atoms with Gasteiger partial charge < -0.3 is 14.4 Å². The van der Waals surface area contributed by atoms with Crippen LogP contribution in [0.1, 0.15) is 6.92 Å². The van der Waals surface area contributed by atoms with Gasteiger partial charge >= 0.3 is 0 Å². The molecule has 0 unspecified atom stereocenters. The number of carbonyl (C=O) groups excluding carboxylic acids is 1. The van der Waals surface area contributed by atoms with Crippen LogP contribution in [0.3, 0.4) is 0 Å². The Morgan fingerprint density at radius 2 is 1.65 bits per heavy atom. The summed E-state index contributed by atoms with van der Waals surface area (Å²) in [4.78, 5) is 14.3. The van der Waals surface area contributed by atoms with E-state index in [2.05, 4.69) is 0 Å². The maximum atomic E-state index is 12.7. The van der Waals surface area contributed by atoms with E-state index < -0.39 is 22.2 Å². The van der Waals surface area contributed by atoms with Crippen molar-refractivity contribution >= 4 is 15.9 Å². The van der Waals surface area contributed by atoms with Gasteiger partial charge in [-0.05, 0) is 19.1 Å². The zero-order valence-electron chi connectivity index (χ0n) is 13.1. The van der Waals surface area contributed by atoms with Crippen LogP contribution >= 0.6 is 0 Å². The van der Waals surface area contributed by atoms with Gasteiger partial charge in [-0.15, -0.1) is 0 Å². The van der Waals surface area contributed by atoms with Gasteiger partial charge in [0.25, 0.3) is 5.91 Å². The molecule has 0 N–H and O–H groups in total. The van der Waals surface area contributed by atoms with Crippen molar-refractivity contribution in [2.75, 3.05) is 32.4 Å². The van der Waals surface area contributed by atoms with Crippen molar-refractivity contribution in [1.82, 2.24) is 9.21 Å². The molecular weight excluding hydrogens is 320 g/mol. The molecule has 0 bridgehead atoms. The Bertz CT molecular complexity index is 698. The first-order valence-corrected chi connectivity index (χ1v) is 9.37. The summed E-state index contributed by atoms with van der Waals surface area (Å²) in [5, 5.41) is 0. The highest BCUT2D eigenvalue weighted by atomic mass is 32.2. The monoisotopic (exact) mass is 340 g/mol. The largest absolute Gasteiger partial charge is 0.482 e. The lowest BCUT2D eigenvalue weighted by Crippen LogP contribution is -2.56. The molecule has 1 aromatic rings. The molecule has 0 saturated carbocycles. The van der Waals surface area contributed by atoms with Gasteiger partial charge in [0.15, 0.2) is 11.5 Å². The number of carbonyl (C=O) groups is 1. The first-order chi connectivity index (χ1) is 10.9. The van der Waals surface area contributed by atoms with Gasteiger partial charge in [-0.25, -0.2) is 8.42 Å². The highest BCUT2D eigenvalue weighted by Gasteiger charge is 2.38. The lowest BCUT2D eigenvalue weighted by Gasteiger charge is -2.38. The molecule has 0 aliphatic carbocycles. The summed E-state index contributed by atoms with van der Waals surface area (Å²) < 4.78 is 36.0. The van der Waals surface area contributed by atoms with Crippen LogP contribution in [-0.4, -0.2) is 68.2 Å². The van der Waals surface area contributed by atoms with Gasteiger partial charge in [0.1, 0.15) is 6.10 Å². The maximum absolute atomic E-state index is 12.7. The second kappa shape index (κ2) is 6.01. The van der Waals surface area contributed by atoms with Gasteiger partial charge in [-0.1, -0.05) is 12.1 Å². The van der Waals surface area contributed by atoms with Gasteiger partial charge in [0, 0.05) is 26.2 Å². The Morgan fingerprint density at radius 3 is 2.22 bits per heavy atom. The number of benzene rings is 1. The number of hydrogen-bond donors (Lipinski definition) is 0. The Hall–Kier alpha value is -1.80. The molecule has 0 aromatic heterocycles. The zero-order valence-corrected chi connectivity index (χ0v) is 14.0. The second-order valence-corrected chi connectivity index (χ2v) is 7.78. The Morgan fingerprint density at radius 1 is 1.09 bits per heavy atom. The molecule has 1 aromatic carbocycles. The predicted molar refractivity (Wildman–Crippen MR) is 83.9 cm³/mol. The third-order valence-corrected chi connectivity index (χ3v) is 5.41. The van der Waals surface area contributed by atoms with E-state index in [4.69, 9.17) is 9.47 Å². The SMILES string of the molecule is C[C@H]1Oc2ccccc2O[C@@H]1C(=O)N1CCN(S(C)(=O)=O)CC1. The number of rotatable bonds is 2. The van der Waals surface area contributed by atoms with Crippen LogP contribution in [0, 0.1) is 0 Å². The lowest BCUT2D eigenvalue weighted by molar-refractivity contribution is -0.145. The van der Waals surface area contributed by atoms with Crippen LogP contribution in [0.25, 0.3) is 0 Å². The Labute approximate surface area is 135 Å². The molecule has 23 heavy (non-hydrogen) atoms. The highest BCUT2D eigenvalue weighted by molar-refractivity contribution is 7.88. The summed E-state index contributed by atoms with van der Waals surface area (Å²) in [7, 11) is -3.21. The molecule has 7 nitrogen and oxygen atoms in total. The summed E-state index contributed by atoms with van der Waals surface area (Å²) in [6.45, 7) is 3.14. The summed E-state index contributed by atoms with van der Waals surface area (Å²) in [5.41, 5.74) is 0. The van der Waals surface area contributed by atoms with E-state index in [9.17, 15) is 13.2 Å². The highest BCUT2D eigenvalue weighted by Crippen LogP contribution is 2.34. The van der Waals surface area contributed by atoms with Crippen molar-refractivity contribution in [1.29, 1.82) is 0 Å².